The van der Waals surface area contributed by atoms with Crippen LogP contribution in [0.4, 0.5) is 0 Å². The third-order valence-electron chi connectivity index (χ3n) is 2.83. The highest BCUT2D eigenvalue weighted by Crippen LogP contribution is 2.23. The molecule has 0 atom stereocenters. The molecule has 1 aromatic heterocycles. The third kappa shape index (κ3) is 4.40. The van der Waals surface area contributed by atoms with Crippen LogP contribution >= 0.6 is 11.6 Å². The zero-order chi connectivity index (χ0) is 14.4. The van der Waals surface area contributed by atoms with Gasteiger partial charge in [0.15, 0.2) is 0 Å². The predicted molar refractivity (Wildman–Crippen MR) is 77.7 cm³/mol. The maximum atomic E-state index is 10.4. The lowest BCUT2D eigenvalue weighted by molar-refractivity contribution is -0.137. The maximum Gasteiger partial charge on any atom is 0.303 e. The third-order valence-corrected chi connectivity index (χ3v) is 3.09. The molecule has 0 saturated carbocycles. The molecular formula is C15H16ClNO3. The number of hydrogen-bond acceptors (Lipinski definition) is 3. The number of carboxylic acids is 1. The van der Waals surface area contributed by atoms with Crippen molar-refractivity contribution in [3.8, 4) is 11.3 Å². The molecule has 0 unspecified atom stereocenters. The van der Waals surface area contributed by atoms with Gasteiger partial charge in [-0.05, 0) is 49.4 Å². The highest BCUT2D eigenvalue weighted by molar-refractivity contribution is 6.30. The molecule has 0 radical (unpaired) electrons. The second-order valence-corrected chi connectivity index (χ2v) is 4.88. The maximum absolute atomic E-state index is 10.4. The molecule has 1 aromatic carbocycles. The molecule has 0 aliphatic heterocycles. The van der Waals surface area contributed by atoms with Crippen LogP contribution in [0.25, 0.3) is 11.3 Å². The summed E-state index contributed by atoms with van der Waals surface area (Å²) < 4.78 is 5.72. The fourth-order valence-corrected chi connectivity index (χ4v) is 1.94. The van der Waals surface area contributed by atoms with E-state index in [1.54, 1.807) is 0 Å². The van der Waals surface area contributed by atoms with Crippen LogP contribution in [0.2, 0.25) is 5.02 Å². The Bertz CT molecular complexity index is 563. The normalized spacial score (nSPS) is 10.7. The number of benzene rings is 1. The molecular weight excluding hydrogens is 278 g/mol. The number of furan rings is 1. The summed E-state index contributed by atoms with van der Waals surface area (Å²) in [7, 11) is 0. The van der Waals surface area contributed by atoms with Gasteiger partial charge in [-0.1, -0.05) is 11.6 Å². The standard InChI is InChI=1S/C15H16ClNO3/c16-12-5-3-11(4-6-12)14-8-7-13(20-14)10-17-9-1-2-15(18)19/h3-8,17H,1-2,9-10H2,(H,18,19). The number of carbonyl (C=O) groups is 1. The minimum absolute atomic E-state index is 0.182. The molecule has 0 saturated heterocycles. The van der Waals surface area contributed by atoms with Crippen LogP contribution in [-0.2, 0) is 11.3 Å². The van der Waals surface area contributed by atoms with Gasteiger partial charge in [0, 0.05) is 17.0 Å². The van der Waals surface area contributed by atoms with E-state index < -0.39 is 5.97 Å². The van der Waals surface area contributed by atoms with Crippen molar-refractivity contribution in [3.63, 3.8) is 0 Å². The van der Waals surface area contributed by atoms with Crippen molar-refractivity contribution < 1.29 is 14.3 Å². The Balaban J connectivity index is 1.83. The Kier molecular flexibility index (Phi) is 5.21. The molecule has 1 heterocycles. The molecule has 0 aliphatic carbocycles. The summed E-state index contributed by atoms with van der Waals surface area (Å²) in [5.74, 6) is 0.851. The summed E-state index contributed by atoms with van der Waals surface area (Å²) in [6, 6.07) is 11.3. The van der Waals surface area contributed by atoms with Gasteiger partial charge >= 0.3 is 5.97 Å². The summed E-state index contributed by atoms with van der Waals surface area (Å²) in [4.78, 5) is 10.4. The van der Waals surface area contributed by atoms with Crippen molar-refractivity contribution in [2.75, 3.05) is 6.54 Å². The van der Waals surface area contributed by atoms with Gasteiger partial charge in [-0.2, -0.15) is 0 Å². The minimum Gasteiger partial charge on any atom is -0.481 e. The van der Waals surface area contributed by atoms with Crippen LogP contribution in [0.1, 0.15) is 18.6 Å². The summed E-state index contributed by atoms with van der Waals surface area (Å²) >= 11 is 5.84. The minimum atomic E-state index is -0.769. The quantitative estimate of drug-likeness (QED) is 0.766. The summed E-state index contributed by atoms with van der Waals surface area (Å²) in [5, 5.41) is 12.4. The van der Waals surface area contributed by atoms with Crippen molar-refractivity contribution in [2.24, 2.45) is 0 Å². The van der Waals surface area contributed by atoms with E-state index in [-0.39, 0.29) is 6.42 Å². The first-order valence-electron chi connectivity index (χ1n) is 6.42. The number of carboxylic acid groups (broad SMARTS) is 1. The Labute approximate surface area is 122 Å². The summed E-state index contributed by atoms with van der Waals surface area (Å²) in [5.41, 5.74) is 0.978. The zero-order valence-electron chi connectivity index (χ0n) is 10.9. The molecule has 0 spiro atoms. The van der Waals surface area contributed by atoms with Gasteiger partial charge in [0.2, 0.25) is 0 Å². The molecule has 2 rings (SSSR count). The van der Waals surface area contributed by atoms with Crippen molar-refractivity contribution in [1.29, 1.82) is 0 Å². The second-order valence-electron chi connectivity index (χ2n) is 4.45. The zero-order valence-corrected chi connectivity index (χ0v) is 11.7. The molecule has 2 aromatic rings. The fourth-order valence-electron chi connectivity index (χ4n) is 1.82. The van der Waals surface area contributed by atoms with E-state index in [4.69, 9.17) is 21.1 Å². The van der Waals surface area contributed by atoms with Crippen molar-refractivity contribution in [3.05, 3.63) is 47.2 Å². The molecule has 5 heteroatoms. The largest absolute Gasteiger partial charge is 0.481 e. The Hall–Kier alpha value is -1.78. The average Bonchev–Trinajstić information content (AvgIpc) is 2.87. The molecule has 20 heavy (non-hydrogen) atoms. The van der Waals surface area contributed by atoms with Gasteiger partial charge in [0.25, 0.3) is 0 Å². The fraction of sp³-hybridized carbons (Fsp3) is 0.267. The van der Waals surface area contributed by atoms with Crippen molar-refractivity contribution in [2.45, 2.75) is 19.4 Å². The van der Waals surface area contributed by atoms with Gasteiger partial charge in [-0.3, -0.25) is 4.79 Å². The Morgan fingerprint density at radius 3 is 2.65 bits per heavy atom. The van der Waals surface area contributed by atoms with Crippen LogP contribution in [0.5, 0.6) is 0 Å². The van der Waals surface area contributed by atoms with Gasteiger partial charge in [0.05, 0.1) is 6.54 Å². The summed E-state index contributed by atoms with van der Waals surface area (Å²) in [6.07, 6.45) is 0.793. The smallest absolute Gasteiger partial charge is 0.303 e. The summed E-state index contributed by atoms with van der Waals surface area (Å²) in [6.45, 7) is 1.25. The molecule has 0 bridgehead atoms. The van der Waals surface area contributed by atoms with Gasteiger partial charge < -0.3 is 14.8 Å². The SMILES string of the molecule is O=C(O)CCCNCc1ccc(-c2ccc(Cl)cc2)o1. The van der Waals surface area contributed by atoms with E-state index in [0.717, 1.165) is 17.1 Å². The molecule has 0 amide bonds. The number of nitrogens with one attached hydrogen (secondary N) is 1. The van der Waals surface area contributed by atoms with E-state index in [9.17, 15) is 4.79 Å². The number of halogens is 1. The van der Waals surface area contributed by atoms with Gasteiger partial charge in [-0.15, -0.1) is 0 Å². The van der Waals surface area contributed by atoms with Crippen LogP contribution in [0.3, 0.4) is 0 Å². The van der Waals surface area contributed by atoms with Crippen LogP contribution in [0, 0.1) is 0 Å². The molecule has 0 aliphatic rings. The van der Waals surface area contributed by atoms with Gasteiger partial charge in [-0.25, -0.2) is 0 Å². The lowest BCUT2D eigenvalue weighted by Crippen LogP contribution is -2.15. The monoisotopic (exact) mass is 293 g/mol. The van der Waals surface area contributed by atoms with Crippen molar-refractivity contribution in [1.82, 2.24) is 5.32 Å². The van der Waals surface area contributed by atoms with Crippen LogP contribution < -0.4 is 5.32 Å². The van der Waals surface area contributed by atoms with E-state index >= 15 is 0 Å². The number of rotatable bonds is 7. The second kappa shape index (κ2) is 7.12. The highest BCUT2D eigenvalue weighted by Gasteiger charge is 2.04. The Morgan fingerprint density at radius 1 is 1.20 bits per heavy atom. The first-order chi connectivity index (χ1) is 9.65. The van der Waals surface area contributed by atoms with Crippen LogP contribution in [-0.4, -0.2) is 17.6 Å². The van der Waals surface area contributed by atoms with Gasteiger partial charge in [0.1, 0.15) is 11.5 Å². The van der Waals surface area contributed by atoms with E-state index in [0.29, 0.717) is 24.5 Å². The average molecular weight is 294 g/mol. The first-order valence-corrected chi connectivity index (χ1v) is 6.80. The highest BCUT2D eigenvalue weighted by atomic mass is 35.5. The molecule has 4 nitrogen and oxygen atoms in total. The van der Waals surface area contributed by atoms with E-state index in [1.807, 2.05) is 36.4 Å². The Morgan fingerprint density at radius 2 is 1.95 bits per heavy atom. The molecule has 2 N–H and O–H groups in total. The topological polar surface area (TPSA) is 62.5 Å². The lowest BCUT2D eigenvalue weighted by Gasteiger charge is -2.01. The molecule has 0 fully saturated rings. The lowest BCUT2D eigenvalue weighted by atomic mass is 10.2. The number of aliphatic carboxylic acids is 1. The van der Waals surface area contributed by atoms with E-state index in [1.165, 1.54) is 0 Å². The predicted octanol–water partition coefficient (Wildman–Crippen LogP) is 3.55. The van der Waals surface area contributed by atoms with E-state index in [2.05, 4.69) is 5.32 Å². The number of hydrogen-bond donors (Lipinski definition) is 2. The molecule has 106 valence electrons. The first kappa shape index (κ1) is 14.6. The van der Waals surface area contributed by atoms with Crippen LogP contribution in [0.15, 0.2) is 40.8 Å². The van der Waals surface area contributed by atoms with Crippen molar-refractivity contribution >= 4 is 17.6 Å².